The average molecular weight is 294 g/mol. The van der Waals surface area contributed by atoms with Gasteiger partial charge in [0.2, 0.25) is 11.0 Å². The van der Waals surface area contributed by atoms with Gasteiger partial charge in [0.15, 0.2) is 0 Å². The van der Waals surface area contributed by atoms with Crippen molar-refractivity contribution in [1.82, 2.24) is 15.1 Å². The van der Waals surface area contributed by atoms with Crippen molar-refractivity contribution < 1.29 is 9.18 Å². The lowest BCUT2D eigenvalue weighted by Crippen LogP contribution is -2.32. The molecule has 1 amide bonds. The first-order chi connectivity index (χ1) is 9.56. The third kappa shape index (κ3) is 3.82. The molecule has 0 radical (unpaired) electrons. The summed E-state index contributed by atoms with van der Waals surface area (Å²) < 4.78 is 12.9. The van der Waals surface area contributed by atoms with Crippen molar-refractivity contribution in [2.45, 2.75) is 13.0 Å². The molecule has 0 saturated carbocycles. The zero-order valence-corrected chi connectivity index (χ0v) is 12.0. The van der Waals surface area contributed by atoms with Gasteiger partial charge in [0.05, 0.1) is 6.54 Å². The Balaban J connectivity index is 1.91. The molecule has 0 spiro atoms. The number of amides is 1. The van der Waals surface area contributed by atoms with Crippen LogP contribution >= 0.6 is 11.3 Å². The van der Waals surface area contributed by atoms with Crippen molar-refractivity contribution in [2.75, 3.05) is 18.9 Å². The normalized spacial score (nSPS) is 12.4. The van der Waals surface area contributed by atoms with Gasteiger partial charge < -0.3 is 0 Å². The number of rotatable bonds is 5. The molecule has 1 aromatic heterocycles. The molecule has 0 bridgehead atoms. The van der Waals surface area contributed by atoms with E-state index in [4.69, 9.17) is 0 Å². The minimum Gasteiger partial charge on any atom is -0.299 e. The van der Waals surface area contributed by atoms with Crippen LogP contribution in [0, 0.1) is 5.82 Å². The van der Waals surface area contributed by atoms with Crippen molar-refractivity contribution in [3.05, 3.63) is 41.2 Å². The zero-order valence-electron chi connectivity index (χ0n) is 11.2. The molecule has 7 heteroatoms. The first-order valence-electron chi connectivity index (χ1n) is 6.08. The maximum atomic E-state index is 12.9. The number of carbonyl (C=O) groups excluding carboxylic acids is 1. The maximum absolute atomic E-state index is 12.9. The minimum absolute atomic E-state index is 0.00997. The van der Waals surface area contributed by atoms with Crippen LogP contribution in [-0.2, 0) is 4.79 Å². The van der Waals surface area contributed by atoms with Gasteiger partial charge in [0.25, 0.3) is 0 Å². The van der Waals surface area contributed by atoms with E-state index in [1.807, 2.05) is 18.9 Å². The van der Waals surface area contributed by atoms with Gasteiger partial charge in [0, 0.05) is 6.04 Å². The Morgan fingerprint density at radius 1 is 1.45 bits per heavy atom. The third-order valence-electron chi connectivity index (χ3n) is 3.01. The van der Waals surface area contributed by atoms with E-state index in [1.165, 1.54) is 23.5 Å². The second kappa shape index (κ2) is 6.53. The van der Waals surface area contributed by atoms with Gasteiger partial charge in [-0.2, -0.15) is 0 Å². The molecule has 2 aromatic rings. The number of carbonyl (C=O) groups is 1. The number of benzene rings is 1. The molecule has 0 fully saturated rings. The highest BCUT2D eigenvalue weighted by Gasteiger charge is 2.15. The molecule has 0 saturated heterocycles. The first-order valence-corrected chi connectivity index (χ1v) is 6.96. The molecule has 0 aliphatic carbocycles. The summed E-state index contributed by atoms with van der Waals surface area (Å²) in [6, 6.07) is 6.29. The van der Waals surface area contributed by atoms with E-state index in [1.54, 1.807) is 17.6 Å². The van der Waals surface area contributed by atoms with Gasteiger partial charge >= 0.3 is 0 Å². The number of aromatic nitrogens is 2. The second-order valence-corrected chi connectivity index (χ2v) is 5.27. The lowest BCUT2D eigenvalue weighted by molar-refractivity contribution is -0.117. The van der Waals surface area contributed by atoms with E-state index in [0.29, 0.717) is 5.13 Å². The monoisotopic (exact) mass is 294 g/mol. The van der Waals surface area contributed by atoms with Crippen LogP contribution in [0.15, 0.2) is 29.8 Å². The number of halogens is 1. The van der Waals surface area contributed by atoms with Crippen molar-refractivity contribution in [3.63, 3.8) is 0 Å². The Morgan fingerprint density at radius 2 is 2.15 bits per heavy atom. The molecule has 106 valence electrons. The fourth-order valence-electron chi connectivity index (χ4n) is 1.75. The van der Waals surface area contributed by atoms with Gasteiger partial charge in [0.1, 0.15) is 11.3 Å². The number of likely N-dealkylation sites (N-methyl/N-ethyl adjacent to an activating group) is 1. The highest BCUT2D eigenvalue weighted by Crippen LogP contribution is 2.18. The van der Waals surface area contributed by atoms with Gasteiger partial charge in [-0.15, -0.1) is 10.2 Å². The Kier molecular flexibility index (Phi) is 4.75. The van der Waals surface area contributed by atoms with Gasteiger partial charge in [-0.05, 0) is 31.7 Å². The summed E-state index contributed by atoms with van der Waals surface area (Å²) in [4.78, 5) is 13.7. The maximum Gasteiger partial charge on any atom is 0.240 e. The fourth-order valence-corrected chi connectivity index (χ4v) is 2.21. The smallest absolute Gasteiger partial charge is 0.240 e. The number of hydrogen-bond acceptors (Lipinski definition) is 5. The Bertz CT molecular complexity index is 558. The van der Waals surface area contributed by atoms with Crippen molar-refractivity contribution in [1.29, 1.82) is 0 Å². The van der Waals surface area contributed by atoms with Gasteiger partial charge in [-0.1, -0.05) is 23.5 Å². The molecule has 1 aromatic carbocycles. The highest BCUT2D eigenvalue weighted by molar-refractivity contribution is 7.13. The molecular formula is C13H15FN4OS. The second-order valence-electron chi connectivity index (χ2n) is 4.43. The van der Waals surface area contributed by atoms with Crippen LogP contribution in [0.4, 0.5) is 9.52 Å². The van der Waals surface area contributed by atoms with Crippen LogP contribution in [0.3, 0.4) is 0 Å². The molecule has 2 rings (SSSR count). The Labute approximate surface area is 120 Å². The summed E-state index contributed by atoms with van der Waals surface area (Å²) in [5.74, 6) is -0.421. The number of nitrogens with one attached hydrogen (secondary N) is 1. The van der Waals surface area contributed by atoms with Crippen molar-refractivity contribution >= 4 is 22.4 Å². The van der Waals surface area contributed by atoms with E-state index in [2.05, 4.69) is 15.5 Å². The number of hydrogen-bond donors (Lipinski definition) is 1. The Morgan fingerprint density at radius 3 is 2.75 bits per heavy atom. The lowest BCUT2D eigenvalue weighted by Gasteiger charge is -2.24. The van der Waals surface area contributed by atoms with Crippen LogP contribution in [0.5, 0.6) is 0 Å². The van der Waals surface area contributed by atoms with Crippen LogP contribution < -0.4 is 5.32 Å². The van der Waals surface area contributed by atoms with Crippen LogP contribution in [0.25, 0.3) is 0 Å². The summed E-state index contributed by atoms with van der Waals surface area (Å²) >= 11 is 1.27. The predicted molar refractivity (Wildman–Crippen MR) is 76.0 cm³/mol. The van der Waals surface area contributed by atoms with Gasteiger partial charge in [-0.3, -0.25) is 15.0 Å². The SMILES string of the molecule is C[C@@H](c1ccc(F)cc1)N(C)CC(=O)Nc1nncs1. The van der Waals surface area contributed by atoms with E-state index in [-0.39, 0.29) is 24.3 Å². The molecular weight excluding hydrogens is 279 g/mol. The molecule has 1 N–H and O–H groups in total. The topological polar surface area (TPSA) is 58.1 Å². The van der Waals surface area contributed by atoms with E-state index >= 15 is 0 Å². The summed E-state index contributed by atoms with van der Waals surface area (Å²) in [6.45, 7) is 2.18. The Hall–Kier alpha value is -1.86. The van der Waals surface area contributed by atoms with Crippen molar-refractivity contribution in [2.24, 2.45) is 0 Å². The molecule has 0 aliphatic rings. The summed E-state index contributed by atoms with van der Waals surface area (Å²) in [7, 11) is 1.84. The summed E-state index contributed by atoms with van der Waals surface area (Å²) in [5, 5.41) is 10.6. The molecule has 0 aliphatic heterocycles. The average Bonchev–Trinajstić information content (AvgIpc) is 2.91. The third-order valence-corrected chi connectivity index (χ3v) is 3.62. The summed E-state index contributed by atoms with van der Waals surface area (Å²) in [5.41, 5.74) is 2.51. The van der Waals surface area contributed by atoms with Crippen molar-refractivity contribution in [3.8, 4) is 0 Å². The molecule has 1 heterocycles. The molecule has 5 nitrogen and oxygen atoms in total. The number of anilines is 1. The summed E-state index contributed by atoms with van der Waals surface area (Å²) in [6.07, 6.45) is 0. The molecule has 1 atom stereocenters. The van der Waals surface area contributed by atoms with E-state index < -0.39 is 0 Å². The van der Waals surface area contributed by atoms with E-state index in [9.17, 15) is 9.18 Å². The fraction of sp³-hybridized carbons (Fsp3) is 0.308. The minimum atomic E-state index is -0.266. The van der Waals surface area contributed by atoms with Crippen LogP contribution in [0.1, 0.15) is 18.5 Å². The first kappa shape index (κ1) is 14.5. The largest absolute Gasteiger partial charge is 0.299 e. The molecule has 20 heavy (non-hydrogen) atoms. The van der Waals surface area contributed by atoms with Gasteiger partial charge in [-0.25, -0.2) is 4.39 Å². The number of nitrogens with zero attached hydrogens (tertiary/aromatic N) is 3. The zero-order chi connectivity index (χ0) is 14.5. The molecule has 0 unspecified atom stereocenters. The van der Waals surface area contributed by atoms with Crippen LogP contribution in [0.2, 0.25) is 0 Å². The highest BCUT2D eigenvalue weighted by atomic mass is 32.1. The lowest BCUT2D eigenvalue weighted by atomic mass is 10.1. The quantitative estimate of drug-likeness (QED) is 0.919. The standard InChI is InChI=1S/C13H15FN4OS/c1-9(10-3-5-11(14)6-4-10)18(2)7-12(19)16-13-17-15-8-20-13/h3-6,8-9H,7H2,1-2H3,(H,16,17,19)/t9-/m0/s1. The van der Waals surface area contributed by atoms with Crippen LogP contribution in [-0.4, -0.2) is 34.6 Å². The predicted octanol–water partition coefficient (Wildman–Crippen LogP) is 2.31. The van der Waals surface area contributed by atoms with E-state index in [0.717, 1.165) is 5.56 Å².